The summed E-state index contributed by atoms with van der Waals surface area (Å²) in [6.45, 7) is 6.29. The number of aliphatic hydroxyl groups is 2. The molecule has 0 heterocycles. The van der Waals surface area contributed by atoms with Gasteiger partial charge < -0.3 is 20.3 Å². The van der Waals surface area contributed by atoms with Gasteiger partial charge in [-0.1, -0.05) is 233 Å². The van der Waals surface area contributed by atoms with Gasteiger partial charge >= 0.3 is 5.97 Å². The van der Waals surface area contributed by atoms with Gasteiger partial charge in [0.25, 0.3) is 0 Å². The van der Waals surface area contributed by atoms with E-state index in [1.54, 1.807) is 0 Å². The topological polar surface area (TPSA) is 95.9 Å². The Morgan fingerprint density at radius 1 is 0.484 bits per heavy atom. The number of esters is 1. The van der Waals surface area contributed by atoms with Crippen LogP contribution in [0.5, 0.6) is 0 Å². The molecule has 0 aromatic carbocycles. The second kappa shape index (κ2) is 50.5. The SMILES string of the molecule is CC/C=C/C/C=C/C/C=C/C/C=C/C/C=C/CCC(=O)OC(C/C=C\C/C=C\C/C=C\C/C=C\CCCCC)CC(=O)NC(CO)C(O)CCCCCCCCCCCCCCCC. The van der Waals surface area contributed by atoms with Crippen LogP contribution in [0, 0.1) is 0 Å². The first kappa shape index (κ1) is 60.5. The minimum absolute atomic E-state index is 0.0342. The minimum Gasteiger partial charge on any atom is -0.461 e. The molecule has 0 rings (SSSR count). The van der Waals surface area contributed by atoms with E-state index in [1.807, 2.05) is 18.2 Å². The number of carbonyl (C=O) groups excluding carboxylic acids is 2. The third-order valence-electron chi connectivity index (χ3n) is 11.1. The van der Waals surface area contributed by atoms with E-state index in [2.05, 4.69) is 117 Å². The maximum absolute atomic E-state index is 13.2. The fraction of sp³-hybridized carbons (Fsp3) is 0.655. The maximum Gasteiger partial charge on any atom is 0.306 e. The van der Waals surface area contributed by atoms with E-state index in [-0.39, 0.29) is 31.3 Å². The van der Waals surface area contributed by atoms with E-state index >= 15 is 0 Å². The summed E-state index contributed by atoms with van der Waals surface area (Å²) < 4.78 is 5.82. The molecule has 0 aromatic heterocycles. The summed E-state index contributed by atoms with van der Waals surface area (Å²) in [5, 5.41) is 23.7. The molecule has 0 aliphatic heterocycles. The average Bonchev–Trinajstić information content (AvgIpc) is 3.29. The van der Waals surface area contributed by atoms with Crippen molar-refractivity contribution in [3.63, 3.8) is 0 Å². The smallest absolute Gasteiger partial charge is 0.306 e. The Hall–Kier alpha value is -3.48. The number of hydrogen-bond donors (Lipinski definition) is 3. The van der Waals surface area contributed by atoms with E-state index < -0.39 is 18.2 Å². The zero-order chi connectivity index (χ0) is 46.7. The summed E-state index contributed by atoms with van der Waals surface area (Å²) in [6.07, 6.45) is 68.8. The Morgan fingerprint density at radius 2 is 0.875 bits per heavy atom. The minimum atomic E-state index is -0.829. The van der Waals surface area contributed by atoms with Crippen molar-refractivity contribution in [3.8, 4) is 0 Å². The number of allylic oxidation sites excluding steroid dienone is 17. The number of ether oxygens (including phenoxy) is 1. The van der Waals surface area contributed by atoms with Crippen molar-refractivity contribution in [2.75, 3.05) is 6.61 Å². The lowest BCUT2D eigenvalue weighted by Gasteiger charge is -2.24. The Morgan fingerprint density at radius 3 is 1.33 bits per heavy atom. The molecule has 6 heteroatoms. The number of nitrogens with one attached hydrogen (secondary N) is 1. The van der Waals surface area contributed by atoms with Crippen molar-refractivity contribution in [1.82, 2.24) is 5.32 Å². The summed E-state index contributed by atoms with van der Waals surface area (Å²) in [7, 11) is 0. The van der Waals surface area contributed by atoms with E-state index in [0.717, 1.165) is 77.0 Å². The highest BCUT2D eigenvalue weighted by Gasteiger charge is 2.23. The normalized spacial score (nSPS) is 14.1. The first-order valence-corrected chi connectivity index (χ1v) is 26.1. The summed E-state index contributed by atoms with van der Waals surface area (Å²) in [6, 6.07) is -0.752. The molecule has 3 atom stereocenters. The Bertz CT molecular complexity index is 1320. The molecule has 0 spiro atoms. The van der Waals surface area contributed by atoms with Crippen molar-refractivity contribution < 1.29 is 24.5 Å². The van der Waals surface area contributed by atoms with Crippen LogP contribution in [-0.2, 0) is 14.3 Å². The monoisotopic (exact) mass is 888 g/mol. The molecule has 0 saturated heterocycles. The molecule has 364 valence electrons. The van der Waals surface area contributed by atoms with Crippen LogP contribution < -0.4 is 5.32 Å². The lowest BCUT2D eigenvalue weighted by atomic mass is 10.0. The first-order valence-electron chi connectivity index (χ1n) is 26.1. The van der Waals surface area contributed by atoms with E-state index in [4.69, 9.17) is 4.74 Å². The van der Waals surface area contributed by atoms with Gasteiger partial charge in [-0.3, -0.25) is 9.59 Å². The summed E-state index contributed by atoms with van der Waals surface area (Å²) in [5.74, 6) is -0.684. The van der Waals surface area contributed by atoms with Gasteiger partial charge in [0.1, 0.15) is 6.10 Å². The fourth-order valence-electron chi connectivity index (χ4n) is 7.16. The lowest BCUT2D eigenvalue weighted by Crippen LogP contribution is -2.46. The largest absolute Gasteiger partial charge is 0.461 e. The fourth-order valence-corrected chi connectivity index (χ4v) is 7.16. The second-order valence-electron chi connectivity index (χ2n) is 17.2. The molecule has 0 aliphatic rings. The number of amides is 1. The maximum atomic E-state index is 13.2. The lowest BCUT2D eigenvalue weighted by molar-refractivity contribution is -0.150. The Labute approximate surface area is 394 Å². The van der Waals surface area contributed by atoms with Crippen LogP contribution in [0.4, 0.5) is 0 Å². The standard InChI is InChI=1S/C58H97NO5/c1-4-7-10-13-16-19-22-25-28-30-33-36-39-42-45-48-51-58(63)64-54(49-46-43-40-37-34-31-29-26-23-20-17-14-11-8-5-2)52-57(62)59-55(53-60)56(61)50-47-44-41-38-35-32-27-24-21-18-15-12-9-6-3/h7,10,16-17,19-20,25-26,28-29,33-34,36-37,42-43,45-46,54-56,60-61H,4-6,8-9,11-15,18,21-24,27,30-32,35,38-41,44,47-53H2,1-3H3,(H,59,62)/b10-7+,19-16+,20-17-,28-25+,29-26-,36-33+,37-34-,45-42+,46-43-. The van der Waals surface area contributed by atoms with Crippen LogP contribution in [0.25, 0.3) is 0 Å². The van der Waals surface area contributed by atoms with Crippen molar-refractivity contribution in [2.45, 2.75) is 238 Å². The Kier molecular flexibility index (Phi) is 47.8. The van der Waals surface area contributed by atoms with Gasteiger partial charge in [-0.05, 0) is 77.0 Å². The molecule has 0 saturated carbocycles. The van der Waals surface area contributed by atoms with E-state index in [9.17, 15) is 19.8 Å². The molecule has 0 bridgehead atoms. The molecule has 0 aromatic rings. The zero-order valence-electron chi connectivity index (χ0n) is 41.4. The van der Waals surface area contributed by atoms with E-state index in [0.29, 0.717) is 19.3 Å². The van der Waals surface area contributed by atoms with Gasteiger partial charge in [-0.2, -0.15) is 0 Å². The summed E-state index contributed by atoms with van der Waals surface area (Å²) >= 11 is 0. The summed E-state index contributed by atoms with van der Waals surface area (Å²) in [5.41, 5.74) is 0. The van der Waals surface area contributed by atoms with Crippen LogP contribution in [-0.4, -0.2) is 46.9 Å². The van der Waals surface area contributed by atoms with Gasteiger partial charge in [-0.15, -0.1) is 0 Å². The third kappa shape index (κ3) is 45.1. The Balaban J connectivity index is 4.83. The van der Waals surface area contributed by atoms with Crippen LogP contribution in [0.1, 0.15) is 220 Å². The van der Waals surface area contributed by atoms with E-state index in [1.165, 1.54) is 89.9 Å². The highest BCUT2D eigenvalue weighted by molar-refractivity contribution is 5.77. The van der Waals surface area contributed by atoms with Crippen LogP contribution in [0.2, 0.25) is 0 Å². The highest BCUT2D eigenvalue weighted by atomic mass is 16.5. The molecule has 0 radical (unpaired) electrons. The number of aliphatic hydroxyl groups excluding tert-OH is 2. The van der Waals surface area contributed by atoms with Crippen molar-refractivity contribution in [3.05, 3.63) is 109 Å². The molecule has 3 N–H and O–H groups in total. The van der Waals surface area contributed by atoms with Crippen LogP contribution in [0.15, 0.2) is 109 Å². The predicted octanol–water partition coefficient (Wildman–Crippen LogP) is 15.9. The first-order chi connectivity index (χ1) is 31.5. The number of unbranched alkanes of at least 4 members (excludes halogenated alkanes) is 16. The van der Waals surface area contributed by atoms with Crippen LogP contribution >= 0.6 is 0 Å². The molecule has 3 unspecified atom stereocenters. The highest BCUT2D eigenvalue weighted by Crippen LogP contribution is 2.15. The second-order valence-corrected chi connectivity index (χ2v) is 17.2. The zero-order valence-corrected chi connectivity index (χ0v) is 41.4. The molecule has 0 aliphatic carbocycles. The molecule has 64 heavy (non-hydrogen) atoms. The van der Waals surface area contributed by atoms with Gasteiger partial charge in [0.15, 0.2) is 0 Å². The van der Waals surface area contributed by atoms with Crippen molar-refractivity contribution in [1.29, 1.82) is 0 Å². The van der Waals surface area contributed by atoms with Gasteiger partial charge in [0.2, 0.25) is 5.91 Å². The van der Waals surface area contributed by atoms with Gasteiger partial charge in [-0.25, -0.2) is 0 Å². The number of rotatable bonds is 45. The quantitative estimate of drug-likeness (QED) is 0.0322. The number of carbonyl (C=O) groups is 2. The average molecular weight is 888 g/mol. The molecule has 0 fully saturated rings. The van der Waals surface area contributed by atoms with Crippen molar-refractivity contribution in [2.24, 2.45) is 0 Å². The third-order valence-corrected chi connectivity index (χ3v) is 11.1. The predicted molar refractivity (Wildman–Crippen MR) is 277 cm³/mol. The number of hydrogen-bond acceptors (Lipinski definition) is 5. The molecule has 1 amide bonds. The van der Waals surface area contributed by atoms with Crippen molar-refractivity contribution >= 4 is 11.9 Å². The summed E-state index contributed by atoms with van der Waals surface area (Å²) in [4.78, 5) is 26.1. The van der Waals surface area contributed by atoms with Gasteiger partial charge in [0, 0.05) is 12.8 Å². The van der Waals surface area contributed by atoms with Gasteiger partial charge in [0.05, 0.1) is 25.2 Å². The van der Waals surface area contributed by atoms with Crippen LogP contribution in [0.3, 0.4) is 0 Å². The molecule has 6 nitrogen and oxygen atoms in total. The molecular formula is C58H97NO5. The molecular weight excluding hydrogens is 791 g/mol.